The van der Waals surface area contributed by atoms with E-state index in [1.807, 2.05) is 18.2 Å². The fourth-order valence-electron chi connectivity index (χ4n) is 3.41. The van der Waals surface area contributed by atoms with Crippen LogP contribution in [0.5, 0.6) is 0 Å². The fourth-order valence-corrected chi connectivity index (χ4v) is 3.90. The van der Waals surface area contributed by atoms with E-state index in [2.05, 4.69) is 16.7 Å². The molecule has 158 valence electrons. The monoisotopic (exact) mass is 448 g/mol. The van der Waals surface area contributed by atoms with Crippen molar-refractivity contribution < 1.29 is 19.1 Å². The quantitative estimate of drug-likeness (QED) is 0.657. The SMILES string of the molecule is C[C@H](OC(=O)CNC(=O)c1ccc(Cl)cc1Cl)C(=O)N[C@H]1CCCc2ccccc21. The molecule has 2 amide bonds. The summed E-state index contributed by atoms with van der Waals surface area (Å²) >= 11 is 11.8. The van der Waals surface area contributed by atoms with Crippen molar-refractivity contribution >= 4 is 41.0 Å². The molecule has 1 aliphatic rings. The average Bonchev–Trinajstić information content (AvgIpc) is 2.72. The van der Waals surface area contributed by atoms with Crippen LogP contribution in [-0.4, -0.2) is 30.4 Å². The van der Waals surface area contributed by atoms with E-state index in [0.717, 1.165) is 24.8 Å². The Balaban J connectivity index is 1.49. The normalized spacial score (nSPS) is 16.2. The van der Waals surface area contributed by atoms with Crippen molar-refractivity contribution in [2.24, 2.45) is 0 Å². The maximum atomic E-state index is 12.5. The number of esters is 1. The Labute approximate surface area is 184 Å². The molecule has 1 aliphatic carbocycles. The van der Waals surface area contributed by atoms with Crippen LogP contribution in [0.2, 0.25) is 10.0 Å². The third-order valence-corrected chi connectivity index (χ3v) is 5.48. The Kier molecular flexibility index (Phi) is 7.34. The number of carbonyl (C=O) groups is 3. The van der Waals surface area contributed by atoms with Crippen LogP contribution in [0.3, 0.4) is 0 Å². The van der Waals surface area contributed by atoms with Gasteiger partial charge in [0.15, 0.2) is 6.10 Å². The average molecular weight is 449 g/mol. The minimum Gasteiger partial charge on any atom is -0.451 e. The third-order valence-electron chi connectivity index (χ3n) is 4.93. The number of carbonyl (C=O) groups excluding carboxylic acids is 3. The van der Waals surface area contributed by atoms with Crippen molar-refractivity contribution in [2.75, 3.05) is 6.54 Å². The maximum absolute atomic E-state index is 12.5. The van der Waals surface area contributed by atoms with E-state index < -0.39 is 18.0 Å². The van der Waals surface area contributed by atoms with E-state index in [-0.39, 0.29) is 29.1 Å². The molecule has 0 aliphatic heterocycles. The van der Waals surface area contributed by atoms with Crippen LogP contribution < -0.4 is 10.6 Å². The summed E-state index contributed by atoms with van der Waals surface area (Å²) in [4.78, 5) is 36.7. The molecule has 0 aromatic heterocycles. The van der Waals surface area contributed by atoms with Gasteiger partial charge in [0, 0.05) is 5.02 Å². The lowest BCUT2D eigenvalue weighted by molar-refractivity contribution is -0.154. The topological polar surface area (TPSA) is 84.5 Å². The van der Waals surface area contributed by atoms with Gasteiger partial charge in [0.2, 0.25) is 0 Å². The summed E-state index contributed by atoms with van der Waals surface area (Å²) < 4.78 is 5.16. The number of ether oxygens (including phenoxy) is 1. The van der Waals surface area contributed by atoms with Gasteiger partial charge in [0.1, 0.15) is 6.54 Å². The van der Waals surface area contributed by atoms with Crippen LogP contribution in [0.15, 0.2) is 42.5 Å². The number of hydrogen-bond acceptors (Lipinski definition) is 4. The maximum Gasteiger partial charge on any atom is 0.326 e. The molecule has 2 atom stereocenters. The van der Waals surface area contributed by atoms with Crippen molar-refractivity contribution in [1.82, 2.24) is 10.6 Å². The molecule has 0 heterocycles. The first-order valence-corrected chi connectivity index (χ1v) is 10.4. The molecule has 0 spiro atoms. The highest BCUT2D eigenvalue weighted by Crippen LogP contribution is 2.29. The Hall–Kier alpha value is -2.57. The summed E-state index contributed by atoms with van der Waals surface area (Å²) in [6.07, 6.45) is 1.82. The molecule has 0 fully saturated rings. The predicted octanol–water partition coefficient (Wildman–Crippen LogP) is 3.85. The van der Waals surface area contributed by atoms with E-state index in [4.69, 9.17) is 27.9 Å². The molecule has 30 heavy (non-hydrogen) atoms. The number of nitrogens with one attached hydrogen (secondary N) is 2. The lowest BCUT2D eigenvalue weighted by atomic mass is 9.87. The summed E-state index contributed by atoms with van der Waals surface area (Å²) in [6, 6.07) is 12.3. The molecule has 0 saturated heterocycles. The van der Waals surface area contributed by atoms with Gasteiger partial charge in [-0.25, -0.2) is 0 Å². The molecule has 2 N–H and O–H groups in total. The second-order valence-electron chi connectivity index (χ2n) is 7.09. The molecule has 2 aromatic rings. The summed E-state index contributed by atoms with van der Waals surface area (Å²) in [5, 5.41) is 5.95. The largest absolute Gasteiger partial charge is 0.451 e. The minimum atomic E-state index is -0.984. The van der Waals surface area contributed by atoms with E-state index in [9.17, 15) is 14.4 Å². The summed E-state index contributed by atoms with van der Waals surface area (Å²) in [5.74, 6) is -1.64. The standard InChI is InChI=1S/C22H22Cl2N2O4/c1-13(21(28)26-19-8-4-6-14-5-2-3-7-16(14)19)30-20(27)12-25-22(29)17-10-9-15(23)11-18(17)24/h2-3,5,7,9-11,13,19H,4,6,8,12H2,1H3,(H,25,29)(H,26,28)/t13-,19-/m0/s1. The highest BCUT2D eigenvalue weighted by atomic mass is 35.5. The molecule has 0 radical (unpaired) electrons. The smallest absolute Gasteiger partial charge is 0.326 e. The third kappa shape index (κ3) is 5.52. The van der Waals surface area contributed by atoms with Crippen LogP contribution in [0, 0.1) is 0 Å². The van der Waals surface area contributed by atoms with Gasteiger partial charge in [0.05, 0.1) is 16.6 Å². The van der Waals surface area contributed by atoms with Gasteiger partial charge >= 0.3 is 5.97 Å². The molecule has 0 unspecified atom stereocenters. The van der Waals surface area contributed by atoms with Crippen LogP contribution in [0.25, 0.3) is 0 Å². The second-order valence-corrected chi connectivity index (χ2v) is 7.93. The number of aryl methyl sites for hydroxylation is 1. The Morgan fingerprint density at radius 1 is 1.17 bits per heavy atom. The number of halogens is 2. The van der Waals surface area contributed by atoms with Gasteiger partial charge in [-0.3, -0.25) is 14.4 Å². The zero-order valence-electron chi connectivity index (χ0n) is 16.4. The minimum absolute atomic E-state index is 0.102. The molecular weight excluding hydrogens is 427 g/mol. The van der Waals surface area contributed by atoms with Gasteiger partial charge in [-0.1, -0.05) is 47.5 Å². The van der Waals surface area contributed by atoms with Gasteiger partial charge in [0.25, 0.3) is 11.8 Å². The first-order chi connectivity index (χ1) is 14.3. The number of amides is 2. The molecule has 0 saturated carbocycles. The molecule has 0 bridgehead atoms. The van der Waals surface area contributed by atoms with E-state index in [1.54, 1.807) is 0 Å². The highest BCUT2D eigenvalue weighted by molar-refractivity contribution is 6.36. The van der Waals surface area contributed by atoms with Crippen molar-refractivity contribution in [3.05, 3.63) is 69.2 Å². The van der Waals surface area contributed by atoms with Crippen molar-refractivity contribution in [2.45, 2.75) is 38.3 Å². The molecular formula is C22H22Cl2N2O4. The van der Waals surface area contributed by atoms with Crippen LogP contribution in [-0.2, 0) is 20.7 Å². The summed E-state index contributed by atoms with van der Waals surface area (Å²) in [7, 11) is 0. The van der Waals surface area contributed by atoms with E-state index in [1.165, 1.54) is 30.7 Å². The molecule has 6 nitrogen and oxygen atoms in total. The van der Waals surface area contributed by atoms with Gasteiger partial charge in [-0.15, -0.1) is 0 Å². The second kappa shape index (κ2) is 9.96. The van der Waals surface area contributed by atoms with Crippen LogP contribution in [0.1, 0.15) is 47.3 Å². The van der Waals surface area contributed by atoms with Crippen molar-refractivity contribution in [1.29, 1.82) is 0 Å². The first kappa shape index (κ1) is 22.1. The van der Waals surface area contributed by atoms with E-state index >= 15 is 0 Å². The molecule has 8 heteroatoms. The number of fused-ring (bicyclic) bond motifs is 1. The number of rotatable bonds is 6. The number of hydrogen-bond donors (Lipinski definition) is 2. The molecule has 2 aromatic carbocycles. The van der Waals surface area contributed by atoms with Gasteiger partial charge < -0.3 is 15.4 Å². The summed E-state index contributed by atoms with van der Waals surface area (Å²) in [5.41, 5.74) is 2.51. The van der Waals surface area contributed by atoms with Gasteiger partial charge in [-0.2, -0.15) is 0 Å². The first-order valence-electron chi connectivity index (χ1n) is 9.66. The lowest BCUT2D eigenvalue weighted by Crippen LogP contribution is -2.41. The van der Waals surface area contributed by atoms with Crippen molar-refractivity contribution in [3.8, 4) is 0 Å². The Bertz CT molecular complexity index is 964. The lowest BCUT2D eigenvalue weighted by Gasteiger charge is -2.27. The molecule has 3 rings (SSSR count). The zero-order valence-corrected chi connectivity index (χ0v) is 17.9. The van der Waals surface area contributed by atoms with Crippen LogP contribution in [0.4, 0.5) is 0 Å². The fraction of sp³-hybridized carbons (Fsp3) is 0.318. The van der Waals surface area contributed by atoms with E-state index in [0.29, 0.717) is 5.02 Å². The van der Waals surface area contributed by atoms with Crippen LogP contribution >= 0.6 is 23.2 Å². The highest BCUT2D eigenvalue weighted by Gasteiger charge is 2.25. The Morgan fingerprint density at radius 3 is 2.70 bits per heavy atom. The predicted molar refractivity (Wildman–Crippen MR) is 115 cm³/mol. The van der Waals surface area contributed by atoms with Gasteiger partial charge in [-0.05, 0) is 55.5 Å². The van der Waals surface area contributed by atoms with Crippen molar-refractivity contribution in [3.63, 3.8) is 0 Å². The summed E-state index contributed by atoms with van der Waals surface area (Å²) in [6.45, 7) is 1.11. The zero-order chi connectivity index (χ0) is 21.7. The number of benzene rings is 2. The Morgan fingerprint density at radius 2 is 1.93 bits per heavy atom.